The zero-order chi connectivity index (χ0) is 23.2. The van der Waals surface area contributed by atoms with E-state index in [1.165, 1.54) is 0 Å². The molecule has 0 fully saturated rings. The number of hydrogen-bond acceptors (Lipinski definition) is 6. The van der Waals surface area contributed by atoms with E-state index in [0.29, 0.717) is 0 Å². The molecule has 0 heterocycles. The summed E-state index contributed by atoms with van der Waals surface area (Å²) in [5.74, 6) is 0. The largest absolute Gasteiger partial charge is 0.399 e. The zero-order valence-corrected chi connectivity index (χ0v) is 20.6. The summed E-state index contributed by atoms with van der Waals surface area (Å²) in [5.41, 5.74) is 11.0. The van der Waals surface area contributed by atoms with Crippen LogP contribution in [-0.4, -0.2) is 62.2 Å². The Morgan fingerprint density at radius 2 is 1.06 bits per heavy atom. The minimum atomic E-state index is 0.773. The molecule has 5 N–H and O–H groups in total. The van der Waals surface area contributed by atoms with E-state index < -0.39 is 0 Å². The van der Waals surface area contributed by atoms with Gasteiger partial charge in [-0.15, -0.1) is 0 Å². The van der Waals surface area contributed by atoms with E-state index in [-0.39, 0.29) is 0 Å². The van der Waals surface area contributed by atoms with Crippen LogP contribution in [0.15, 0.2) is 42.5 Å². The first kappa shape index (κ1) is 25.8. The monoisotopic (exact) mass is 440 g/mol. The van der Waals surface area contributed by atoms with E-state index in [1.54, 1.807) is 0 Å². The Kier molecular flexibility index (Phi) is 11.8. The summed E-state index contributed by atoms with van der Waals surface area (Å²) in [6, 6.07) is 14.4. The molecular formula is C26H44N6. The lowest BCUT2D eigenvalue weighted by atomic mass is 10.2. The highest BCUT2D eigenvalue weighted by atomic mass is 15.1. The third-order valence-electron chi connectivity index (χ3n) is 5.88. The van der Waals surface area contributed by atoms with E-state index in [0.717, 1.165) is 93.6 Å². The van der Waals surface area contributed by atoms with Crippen molar-refractivity contribution >= 4 is 28.4 Å². The maximum atomic E-state index is 5.83. The molecule has 0 atom stereocenters. The van der Waals surface area contributed by atoms with Gasteiger partial charge in [0.15, 0.2) is 0 Å². The smallest absolute Gasteiger partial charge is 0.0425 e. The molecule has 0 bridgehead atoms. The maximum absolute atomic E-state index is 5.83. The number of nitrogens with one attached hydrogen (secondary N) is 3. The Balaban J connectivity index is 2.00. The minimum Gasteiger partial charge on any atom is -0.399 e. The molecule has 2 aromatic rings. The lowest BCUT2D eigenvalue weighted by molar-refractivity contribution is 0.303. The van der Waals surface area contributed by atoms with Gasteiger partial charge in [-0.1, -0.05) is 27.7 Å². The topological polar surface area (TPSA) is 68.6 Å². The molecular weight excluding hydrogens is 396 g/mol. The van der Waals surface area contributed by atoms with Gasteiger partial charge in [0.1, 0.15) is 0 Å². The molecule has 0 unspecified atom stereocenters. The molecule has 0 amide bonds. The summed E-state index contributed by atoms with van der Waals surface area (Å²) in [6.45, 7) is 17.5. The van der Waals surface area contributed by atoms with Gasteiger partial charge in [0.05, 0.1) is 0 Å². The highest BCUT2D eigenvalue weighted by Gasteiger charge is 2.04. The van der Waals surface area contributed by atoms with Gasteiger partial charge in [-0.25, -0.2) is 0 Å². The molecule has 6 nitrogen and oxygen atoms in total. The predicted octanol–water partition coefficient (Wildman–Crippen LogP) is 5.30. The molecule has 0 aliphatic heterocycles. The van der Waals surface area contributed by atoms with Crippen molar-refractivity contribution in [3.8, 4) is 0 Å². The van der Waals surface area contributed by atoms with Gasteiger partial charge in [-0.05, 0) is 94.6 Å². The lowest BCUT2D eigenvalue weighted by Crippen LogP contribution is -2.25. The van der Waals surface area contributed by atoms with Crippen molar-refractivity contribution in [3.05, 3.63) is 42.5 Å². The van der Waals surface area contributed by atoms with Gasteiger partial charge in [0, 0.05) is 41.5 Å². The van der Waals surface area contributed by atoms with Crippen molar-refractivity contribution in [2.45, 2.75) is 40.5 Å². The van der Waals surface area contributed by atoms with E-state index in [1.807, 2.05) is 24.3 Å². The van der Waals surface area contributed by atoms with Gasteiger partial charge in [0.2, 0.25) is 0 Å². The Bertz CT molecular complexity index is 715. The second-order valence-electron chi connectivity index (χ2n) is 8.16. The second kappa shape index (κ2) is 14.6. The van der Waals surface area contributed by atoms with Crippen molar-refractivity contribution in [1.82, 2.24) is 9.80 Å². The summed E-state index contributed by atoms with van der Waals surface area (Å²) in [7, 11) is 0. The van der Waals surface area contributed by atoms with Gasteiger partial charge >= 0.3 is 0 Å². The third-order valence-corrected chi connectivity index (χ3v) is 5.88. The van der Waals surface area contributed by atoms with Gasteiger partial charge in [-0.3, -0.25) is 0 Å². The number of rotatable bonds is 16. The van der Waals surface area contributed by atoms with Crippen LogP contribution in [0.25, 0.3) is 0 Å². The third kappa shape index (κ3) is 9.37. The van der Waals surface area contributed by atoms with E-state index in [4.69, 9.17) is 5.73 Å². The van der Waals surface area contributed by atoms with Crippen LogP contribution in [0.1, 0.15) is 40.5 Å². The summed E-state index contributed by atoms with van der Waals surface area (Å²) in [4.78, 5) is 4.92. The molecule has 178 valence electrons. The lowest BCUT2D eigenvalue weighted by Gasteiger charge is -2.19. The fourth-order valence-corrected chi connectivity index (χ4v) is 3.79. The zero-order valence-electron chi connectivity index (χ0n) is 20.6. The van der Waals surface area contributed by atoms with E-state index in [9.17, 15) is 0 Å². The van der Waals surface area contributed by atoms with E-state index >= 15 is 0 Å². The van der Waals surface area contributed by atoms with Crippen molar-refractivity contribution in [2.24, 2.45) is 0 Å². The fraction of sp³-hybridized carbons (Fsp3) is 0.538. The highest BCUT2D eigenvalue weighted by molar-refractivity contribution is 5.71. The first-order chi connectivity index (χ1) is 15.6. The first-order valence-electron chi connectivity index (χ1n) is 12.3. The van der Waals surface area contributed by atoms with Crippen molar-refractivity contribution in [1.29, 1.82) is 0 Å². The normalized spacial score (nSPS) is 11.2. The molecule has 0 aromatic heterocycles. The Morgan fingerprint density at radius 3 is 1.50 bits per heavy atom. The SMILES string of the molecule is CCN(CC)CCCNc1cc(NCCCN(CC)CC)cc(Nc2ccc(N)cc2)c1. The van der Waals surface area contributed by atoms with Crippen molar-refractivity contribution in [3.63, 3.8) is 0 Å². The summed E-state index contributed by atoms with van der Waals surface area (Å²) in [6.07, 6.45) is 2.26. The molecule has 0 spiro atoms. The van der Waals surface area contributed by atoms with Crippen molar-refractivity contribution < 1.29 is 0 Å². The van der Waals surface area contributed by atoms with E-state index in [2.05, 4.69) is 71.6 Å². The Hall–Kier alpha value is -2.44. The summed E-state index contributed by atoms with van der Waals surface area (Å²) < 4.78 is 0. The van der Waals surface area contributed by atoms with Crippen LogP contribution < -0.4 is 21.7 Å². The van der Waals surface area contributed by atoms with Crippen LogP contribution >= 0.6 is 0 Å². The maximum Gasteiger partial charge on any atom is 0.0425 e. The Morgan fingerprint density at radius 1 is 0.625 bits per heavy atom. The quantitative estimate of drug-likeness (QED) is 0.210. The molecule has 32 heavy (non-hydrogen) atoms. The number of nitrogen functional groups attached to an aromatic ring is 1. The number of hydrogen-bond donors (Lipinski definition) is 4. The van der Waals surface area contributed by atoms with Crippen LogP contribution in [0.2, 0.25) is 0 Å². The minimum absolute atomic E-state index is 0.773. The molecule has 6 heteroatoms. The molecule has 0 saturated heterocycles. The average Bonchev–Trinajstić information content (AvgIpc) is 2.81. The van der Waals surface area contributed by atoms with Crippen LogP contribution in [0, 0.1) is 0 Å². The van der Waals surface area contributed by atoms with Crippen molar-refractivity contribution in [2.75, 3.05) is 74.0 Å². The molecule has 2 aromatic carbocycles. The standard InChI is InChI=1S/C26H44N6/c1-5-31(6-2)17-9-15-28-24-19-25(29-16-10-18-32(7-3)8-4)21-26(20-24)30-23-13-11-22(27)12-14-23/h11-14,19-21,28-30H,5-10,15-18,27H2,1-4H3. The molecule has 0 aliphatic rings. The number of benzene rings is 2. The second-order valence-corrected chi connectivity index (χ2v) is 8.16. The van der Waals surface area contributed by atoms with Gasteiger partial charge < -0.3 is 31.5 Å². The Labute approximate surface area is 195 Å². The number of nitrogens with two attached hydrogens (primary N) is 1. The molecule has 0 saturated carbocycles. The van der Waals surface area contributed by atoms with Crippen LogP contribution in [0.4, 0.5) is 28.4 Å². The van der Waals surface area contributed by atoms with Crippen LogP contribution in [-0.2, 0) is 0 Å². The molecule has 0 radical (unpaired) electrons. The first-order valence-corrected chi connectivity index (χ1v) is 12.3. The predicted molar refractivity (Wildman–Crippen MR) is 142 cm³/mol. The van der Waals surface area contributed by atoms with Gasteiger partial charge in [0.25, 0.3) is 0 Å². The average molecular weight is 441 g/mol. The number of nitrogens with zero attached hydrogens (tertiary/aromatic N) is 2. The fourth-order valence-electron chi connectivity index (χ4n) is 3.79. The molecule has 2 rings (SSSR count). The summed E-state index contributed by atoms with van der Waals surface area (Å²) >= 11 is 0. The highest BCUT2D eigenvalue weighted by Crippen LogP contribution is 2.26. The summed E-state index contributed by atoms with van der Waals surface area (Å²) in [5, 5.41) is 10.7. The van der Waals surface area contributed by atoms with Gasteiger partial charge in [-0.2, -0.15) is 0 Å². The number of anilines is 5. The molecule has 0 aliphatic carbocycles. The van der Waals surface area contributed by atoms with Crippen LogP contribution in [0.3, 0.4) is 0 Å². The van der Waals surface area contributed by atoms with Crippen LogP contribution in [0.5, 0.6) is 0 Å².